The summed E-state index contributed by atoms with van der Waals surface area (Å²) >= 11 is 0. The Morgan fingerprint density at radius 2 is 2.29 bits per heavy atom. The van der Waals surface area contributed by atoms with Crippen LogP contribution in [0.5, 0.6) is 0 Å². The van der Waals surface area contributed by atoms with E-state index >= 15 is 0 Å². The van der Waals surface area contributed by atoms with Crippen LogP contribution >= 0.6 is 0 Å². The number of hydrogen-bond donors (Lipinski definition) is 2. The number of furan rings is 1. The van der Waals surface area contributed by atoms with E-state index in [1.807, 2.05) is 13.0 Å². The van der Waals surface area contributed by atoms with Crippen molar-refractivity contribution >= 4 is 0 Å². The second kappa shape index (κ2) is 5.17. The number of rotatable bonds is 5. The molecule has 3 heteroatoms. The topological polar surface area (TPSA) is 51.2 Å². The lowest BCUT2D eigenvalue weighted by molar-refractivity contribution is 0.404. The number of aryl methyl sites for hydroxylation is 1. The molecule has 2 unspecified atom stereocenters. The van der Waals surface area contributed by atoms with Crippen LogP contribution in [0.15, 0.2) is 16.7 Å². The summed E-state index contributed by atoms with van der Waals surface area (Å²) in [5.74, 6) is 7.13. The molecule has 0 saturated heterocycles. The summed E-state index contributed by atoms with van der Waals surface area (Å²) in [5, 5.41) is 0. The zero-order valence-corrected chi connectivity index (χ0v) is 9.21. The van der Waals surface area contributed by atoms with Crippen molar-refractivity contribution in [3.63, 3.8) is 0 Å². The van der Waals surface area contributed by atoms with Gasteiger partial charge in [0.25, 0.3) is 0 Å². The van der Waals surface area contributed by atoms with Gasteiger partial charge in [-0.3, -0.25) is 11.3 Å². The van der Waals surface area contributed by atoms with Crippen molar-refractivity contribution in [2.75, 3.05) is 0 Å². The molecule has 0 spiro atoms. The van der Waals surface area contributed by atoms with Crippen LogP contribution in [0.3, 0.4) is 0 Å². The number of hydrogen-bond acceptors (Lipinski definition) is 3. The summed E-state index contributed by atoms with van der Waals surface area (Å²) in [7, 11) is 0. The largest absolute Gasteiger partial charge is 0.469 e. The maximum absolute atomic E-state index is 5.53. The van der Waals surface area contributed by atoms with Gasteiger partial charge < -0.3 is 4.42 Å². The van der Waals surface area contributed by atoms with Crippen LogP contribution in [0.1, 0.15) is 44.1 Å². The Hall–Kier alpha value is -0.800. The second-order valence-corrected chi connectivity index (χ2v) is 3.96. The van der Waals surface area contributed by atoms with Gasteiger partial charge >= 0.3 is 0 Å². The molecule has 14 heavy (non-hydrogen) atoms. The van der Waals surface area contributed by atoms with Gasteiger partial charge in [-0.25, -0.2) is 0 Å². The highest BCUT2D eigenvalue weighted by Gasteiger charge is 2.14. The van der Waals surface area contributed by atoms with E-state index in [1.165, 1.54) is 6.42 Å². The predicted molar refractivity (Wildman–Crippen MR) is 57.6 cm³/mol. The molecular weight excluding hydrogens is 176 g/mol. The van der Waals surface area contributed by atoms with E-state index < -0.39 is 0 Å². The highest BCUT2D eigenvalue weighted by Crippen LogP contribution is 2.23. The van der Waals surface area contributed by atoms with Gasteiger partial charge in [0.05, 0.1) is 6.26 Å². The zero-order valence-electron chi connectivity index (χ0n) is 9.21. The molecule has 1 rings (SSSR count). The standard InChI is InChI=1S/C11H20N2O/c1-4-8(2)5-11(13-12)10-6-9(3)14-7-10/h6-8,11,13H,4-5,12H2,1-3H3. The summed E-state index contributed by atoms with van der Waals surface area (Å²) in [6.45, 7) is 6.37. The van der Waals surface area contributed by atoms with Crippen LogP contribution in [0.25, 0.3) is 0 Å². The van der Waals surface area contributed by atoms with Gasteiger partial charge in [-0.05, 0) is 25.3 Å². The Morgan fingerprint density at radius 3 is 2.71 bits per heavy atom. The minimum Gasteiger partial charge on any atom is -0.469 e. The van der Waals surface area contributed by atoms with Crippen LogP contribution in [0.2, 0.25) is 0 Å². The molecule has 0 amide bonds. The van der Waals surface area contributed by atoms with Crippen LogP contribution in [0, 0.1) is 12.8 Å². The van der Waals surface area contributed by atoms with Crippen molar-refractivity contribution < 1.29 is 4.42 Å². The third-order valence-electron chi connectivity index (χ3n) is 2.69. The lowest BCUT2D eigenvalue weighted by Gasteiger charge is -2.17. The first-order valence-electron chi connectivity index (χ1n) is 5.18. The van der Waals surface area contributed by atoms with Crippen LogP contribution in [-0.4, -0.2) is 0 Å². The van der Waals surface area contributed by atoms with E-state index in [9.17, 15) is 0 Å². The smallest absolute Gasteiger partial charge is 0.101 e. The SMILES string of the molecule is CCC(C)CC(NN)c1coc(C)c1. The third kappa shape index (κ3) is 2.86. The Morgan fingerprint density at radius 1 is 1.57 bits per heavy atom. The summed E-state index contributed by atoms with van der Waals surface area (Å²) in [6.07, 6.45) is 4.00. The lowest BCUT2D eigenvalue weighted by atomic mass is 9.96. The van der Waals surface area contributed by atoms with Crippen molar-refractivity contribution in [2.45, 2.75) is 39.7 Å². The maximum Gasteiger partial charge on any atom is 0.101 e. The Balaban J connectivity index is 2.62. The number of nitrogens with one attached hydrogen (secondary N) is 1. The molecular formula is C11H20N2O. The molecule has 80 valence electrons. The van der Waals surface area contributed by atoms with E-state index in [1.54, 1.807) is 6.26 Å². The molecule has 0 aromatic carbocycles. The zero-order chi connectivity index (χ0) is 10.6. The monoisotopic (exact) mass is 196 g/mol. The average molecular weight is 196 g/mol. The van der Waals surface area contributed by atoms with Gasteiger partial charge in [-0.15, -0.1) is 0 Å². The van der Waals surface area contributed by atoms with Crippen LogP contribution in [0.4, 0.5) is 0 Å². The third-order valence-corrected chi connectivity index (χ3v) is 2.69. The van der Waals surface area contributed by atoms with Crippen molar-refractivity contribution in [2.24, 2.45) is 11.8 Å². The summed E-state index contributed by atoms with van der Waals surface area (Å²) in [6, 6.07) is 2.25. The molecule has 0 aliphatic heterocycles. The first-order valence-corrected chi connectivity index (χ1v) is 5.18. The molecule has 0 radical (unpaired) electrons. The molecule has 1 aromatic heterocycles. The first-order chi connectivity index (χ1) is 6.67. The number of hydrazine groups is 1. The van der Waals surface area contributed by atoms with E-state index in [0.717, 1.165) is 17.7 Å². The van der Waals surface area contributed by atoms with E-state index in [-0.39, 0.29) is 6.04 Å². The fraction of sp³-hybridized carbons (Fsp3) is 0.636. The van der Waals surface area contributed by atoms with Crippen LogP contribution in [-0.2, 0) is 0 Å². The highest BCUT2D eigenvalue weighted by atomic mass is 16.3. The predicted octanol–water partition coefficient (Wildman–Crippen LogP) is 2.53. The molecule has 2 atom stereocenters. The number of nitrogens with two attached hydrogens (primary N) is 1. The van der Waals surface area contributed by atoms with Gasteiger partial charge in [-0.2, -0.15) is 0 Å². The summed E-state index contributed by atoms with van der Waals surface area (Å²) in [5.41, 5.74) is 3.98. The van der Waals surface area contributed by atoms with Gasteiger partial charge in [0.2, 0.25) is 0 Å². The quantitative estimate of drug-likeness (QED) is 0.562. The Labute approximate surface area is 85.6 Å². The second-order valence-electron chi connectivity index (χ2n) is 3.96. The van der Waals surface area contributed by atoms with Crippen LogP contribution < -0.4 is 11.3 Å². The fourth-order valence-electron chi connectivity index (χ4n) is 1.52. The van der Waals surface area contributed by atoms with Crippen molar-refractivity contribution in [3.8, 4) is 0 Å². The molecule has 3 nitrogen and oxygen atoms in total. The molecule has 0 aliphatic carbocycles. The summed E-state index contributed by atoms with van der Waals surface area (Å²) in [4.78, 5) is 0. The van der Waals surface area contributed by atoms with Gasteiger partial charge in [0, 0.05) is 11.6 Å². The van der Waals surface area contributed by atoms with Gasteiger partial charge in [-0.1, -0.05) is 20.3 Å². The molecule has 3 N–H and O–H groups in total. The summed E-state index contributed by atoms with van der Waals surface area (Å²) < 4.78 is 5.27. The maximum atomic E-state index is 5.53. The van der Waals surface area contributed by atoms with E-state index in [4.69, 9.17) is 10.3 Å². The molecule has 1 aromatic rings. The highest BCUT2D eigenvalue weighted by molar-refractivity contribution is 5.16. The van der Waals surface area contributed by atoms with Gasteiger partial charge in [0.1, 0.15) is 5.76 Å². The molecule has 0 saturated carbocycles. The first kappa shape index (κ1) is 11.3. The lowest BCUT2D eigenvalue weighted by Crippen LogP contribution is -2.29. The van der Waals surface area contributed by atoms with Crippen molar-refractivity contribution in [1.29, 1.82) is 0 Å². The minimum absolute atomic E-state index is 0.211. The minimum atomic E-state index is 0.211. The molecule has 0 aliphatic rings. The molecule has 0 fully saturated rings. The average Bonchev–Trinajstić information content (AvgIpc) is 2.60. The fourth-order valence-corrected chi connectivity index (χ4v) is 1.52. The normalized spacial score (nSPS) is 15.4. The van der Waals surface area contributed by atoms with Gasteiger partial charge in [0.15, 0.2) is 0 Å². The van der Waals surface area contributed by atoms with Crippen molar-refractivity contribution in [1.82, 2.24) is 5.43 Å². The molecule has 1 heterocycles. The Bertz CT molecular complexity index is 270. The van der Waals surface area contributed by atoms with E-state index in [0.29, 0.717) is 5.92 Å². The van der Waals surface area contributed by atoms with E-state index in [2.05, 4.69) is 19.3 Å². The molecule has 0 bridgehead atoms. The Kier molecular flexibility index (Phi) is 4.17. The van der Waals surface area contributed by atoms with Crippen molar-refractivity contribution in [3.05, 3.63) is 23.7 Å².